The third kappa shape index (κ3) is 4.69. The van der Waals surface area contributed by atoms with Crippen LogP contribution in [0.1, 0.15) is 35.5 Å². The van der Waals surface area contributed by atoms with E-state index >= 15 is 0 Å². The summed E-state index contributed by atoms with van der Waals surface area (Å²) in [5.41, 5.74) is 4.49. The molecular weight excluding hydrogens is 440 g/mol. The molecule has 0 bridgehead atoms. The number of halogens is 1. The smallest absolute Gasteiger partial charge is 0.254 e. The number of benzene rings is 2. The zero-order valence-corrected chi connectivity index (χ0v) is 19.3. The molecule has 2 N–H and O–H groups in total. The number of pyridine rings is 1. The summed E-state index contributed by atoms with van der Waals surface area (Å²) in [6.07, 6.45) is 3.31. The van der Waals surface area contributed by atoms with Gasteiger partial charge in [0.15, 0.2) is 0 Å². The summed E-state index contributed by atoms with van der Waals surface area (Å²) < 4.78 is 5.87. The molecule has 0 aliphatic heterocycles. The van der Waals surface area contributed by atoms with Crippen LogP contribution in [0.25, 0.3) is 22.0 Å². The first-order chi connectivity index (χ1) is 16.0. The van der Waals surface area contributed by atoms with Gasteiger partial charge in [-0.3, -0.25) is 14.9 Å². The maximum absolute atomic E-state index is 13.4. The summed E-state index contributed by atoms with van der Waals surface area (Å²) in [7, 11) is 0. The number of aromatic nitrogens is 3. The van der Waals surface area contributed by atoms with Crippen LogP contribution in [0.15, 0.2) is 54.9 Å². The number of aliphatic hydroxyl groups is 1. The van der Waals surface area contributed by atoms with Crippen molar-refractivity contribution < 1.29 is 14.6 Å². The number of hydrogen-bond acceptors (Lipinski definition) is 5. The second-order valence-electron chi connectivity index (χ2n) is 7.52. The molecule has 8 heteroatoms. The Hall–Kier alpha value is -3.42. The molecule has 2 aromatic carbocycles. The molecule has 0 saturated carbocycles. The highest BCUT2D eigenvalue weighted by atomic mass is 35.5. The molecule has 0 aliphatic rings. The molecule has 0 fully saturated rings. The maximum atomic E-state index is 13.4. The molecule has 4 rings (SSSR count). The van der Waals surface area contributed by atoms with E-state index in [2.05, 4.69) is 15.2 Å². The molecule has 33 heavy (non-hydrogen) atoms. The Morgan fingerprint density at radius 2 is 2.03 bits per heavy atom. The summed E-state index contributed by atoms with van der Waals surface area (Å²) >= 11 is 6.17. The summed E-state index contributed by atoms with van der Waals surface area (Å²) in [5, 5.41) is 17.9. The van der Waals surface area contributed by atoms with Crippen molar-refractivity contribution in [1.82, 2.24) is 20.1 Å². The molecular formula is C25H25ClN4O3. The lowest BCUT2D eigenvalue weighted by molar-refractivity contribution is 0.0752. The van der Waals surface area contributed by atoms with Crippen LogP contribution in [-0.2, 0) is 13.2 Å². The van der Waals surface area contributed by atoms with Gasteiger partial charge in [-0.15, -0.1) is 0 Å². The van der Waals surface area contributed by atoms with Crippen molar-refractivity contribution in [3.05, 3.63) is 76.7 Å². The zero-order chi connectivity index (χ0) is 23.4. The van der Waals surface area contributed by atoms with Crippen LogP contribution in [0.3, 0.4) is 0 Å². The number of aromatic amines is 1. The lowest BCUT2D eigenvalue weighted by Crippen LogP contribution is -2.30. The van der Waals surface area contributed by atoms with Gasteiger partial charge in [0.25, 0.3) is 5.91 Å². The Bertz CT molecular complexity index is 1290. The highest BCUT2D eigenvalue weighted by molar-refractivity contribution is 6.30. The van der Waals surface area contributed by atoms with Gasteiger partial charge in [-0.2, -0.15) is 5.10 Å². The molecule has 2 aromatic heterocycles. The van der Waals surface area contributed by atoms with E-state index < -0.39 is 0 Å². The van der Waals surface area contributed by atoms with Gasteiger partial charge in [0.05, 0.1) is 30.6 Å². The Labute approximate surface area is 197 Å². The van der Waals surface area contributed by atoms with Crippen LogP contribution in [0.5, 0.6) is 5.75 Å². The van der Waals surface area contributed by atoms with E-state index in [4.69, 9.17) is 16.3 Å². The Morgan fingerprint density at radius 1 is 1.18 bits per heavy atom. The van der Waals surface area contributed by atoms with Crippen LogP contribution < -0.4 is 4.74 Å². The average Bonchev–Trinajstić information content (AvgIpc) is 3.33. The monoisotopic (exact) mass is 464 g/mol. The van der Waals surface area contributed by atoms with Crippen molar-refractivity contribution in [2.24, 2.45) is 0 Å². The molecule has 7 nitrogen and oxygen atoms in total. The first kappa shape index (κ1) is 22.8. The van der Waals surface area contributed by atoms with Gasteiger partial charge in [-0.25, -0.2) is 0 Å². The normalized spacial score (nSPS) is 11.0. The van der Waals surface area contributed by atoms with Crippen LogP contribution >= 0.6 is 11.6 Å². The van der Waals surface area contributed by atoms with Gasteiger partial charge in [-0.1, -0.05) is 23.7 Å². The van der Waals surface area contributed by atoms with Crippen molar-refractivity contribution in [3.63, 3.8) is 0 Å². The molecule has 0 unspecified atom stereocenters. The Balaban J connectivity index is 1.65. The number of fused-ring (bicyclic) bond motifs is 1. The number of carbonyl (C=O) groups excluding carboxylic acids is 1. The Kier molecular flexibility index (Phi) is 6.91. The largest absolute Gasteiger partial charge is 0.493 e. The van der Waals surface area contributed by atoms with Crippen LogP contribution in [0.2, 0.25) is 5.02 Å². The van der Waals surface area contributed by atoms with Gasteiger partial charge >= 0.3 is 0 Å². The average molecular weight is 465 g/mol. The van der Waals surface area contributed by atoms with Crippen LogP contribution in [0, 0.1) is 0 Å². The fourth-order valence-electron chi connectivity index (χ4n) is 3.83. The van der Waals surface area contributed by atoms with E-state index in [-0.39, 0.29) is 12.5 Å². The molecule has 0 aliphatic carbocycles. The van der Waals surface area contributed by atoms with E-state index in [1.807, 2.05) is 50.2 Å². The number of rotatable bonds is 8. The Morgan fingerprint density at radius 3 is 2.76 bits per heavy atom. The second-order valence-corrected chi connectivity index (χ2v) is 7.96. The maximum Gasteiger partial charge on any atom is 0.254 e. The molecule has 1 amide bonds. The van der Waals surface area contributed by atoms with Gasteiger partial charge in [0.1, 0.15) is 5.75 Å². The quantitative estimate of drug-likeness (QED) is 0.389. The highest BCUT2D eigenvalue weighted by Crippen LogP contribution is 2.33. The third-order valence-electron chi connectivity index (χ3n) is 5.49. The van der Waals surface area contributed by atoms with E-state index in [0.29, 0.717) is 41.7 Å². The minimum atomic E-state index is -0.175. The first-order valence-corrected chi connectivity index (χ1v) is 11.2. The van der Waals surface area contributed by atoms with Gasteiger partial charge in [0.2, 0.25) is 0 Å². The number of H-pyrrole nitrogens is 1. The molecule has 0 spiro atoms. The first-order valence-electron chi connectivity index (χ1n) is 10.8. The van der Waals surface area contributed by atoms with E-state index in [1.165, 1.54) is 0 Å². The molecule has 170 valence electrons. The SMILES string of the molecule is CCOc1cc(C(=O)N(CC)Cc2cnc(CO)c3cn[nH]c23)ccc1-c1cccc(Cl)c1. The van der Waals surface area contributed by atoms with Crippen molar-refractivity contribution in [2.75, 3.05) is 13.2 Å². The molecule has 0 atom stereocenters. The number of nitrogens with one attached hydrogen (secondary N) is 1. The predicted octanol–water partition coefficient (Wildman–Crippen LogP) is 4.83. The van der Waals surface area contributed by atoms with E-state index in [0.717, 1.165) is 27.6 Å². The number of aliphatic hydroxyl groups excluding tert-OH is 1. The number of amides is 1. The van der Waals surface area contributed by atoms with Crippen LogP contribution in [-0.4, -0.2) is 44.2 Å². The summed E-state index contributed by atoms with van der Waals surface area (Å²) in [6.45, 7) is 5.01. The number of carbonyl (C=O) groups is 1. The molecule has 4 aromatic rings. The minimum absolute atomic E-state index is 0.116. The minimum Gasteiger partial charge on any atom is -0.493 e. The van der Waals surface area contributed by atoms with Gasteiger partial charge < -0.3 is 14.7 Å². The summed E-state index contributed by atoms with van der Waals surface area (Å²) in [4.78, 5) is 19.5. The van der Waals surface area contributed by atoms with Crippen molar-refractivity contribution in [1.29, 1.82) is 0 Å². The van der Waals surface area contributed by atoms with Gasteiger partial charge in [0, 0.05) is 46.4 Å². The standard InChI is InChI=1S/C25H25ClN4O3/c1-3-30(14-18-12-27-22(15-31)21-13-28-29-24(18)21)25(32)17-8-9-20(23(11-17)33-4-2)16-6-5-7-19(26)10-16/h5-13,31H,3-4,14-15H2,1-2H3,(H,28,29). The van der Waals surface area contributed by atoms with Gasteiger partial charge in [-0.05, 0) is 49.7 Å². The fraction of sp³-hybridized carbons (Fsp3) is 0.240. The predicted molar refractivity (Wildman–Crippen MR) is 128 cm³/mol. The third-order valence-corrected chi connectivity index (χ3v) is 5.73. The molecule has 0 radical (unpaired) electrons. The number of nitrogens with zero attached hydrogens (tertiary/aromatic N) is 3. The van der Waals surface area contributed by atoms with Crippen molar-refractivity contribution >= 4 is 28.4 Å². The molecule has 2 heterocycles. The number of hydrogen-bond donors (Lipinski definition) is 2. The van der Waals surface area contributed by atoms with Crippen LogP contribution in [0.4, 0.5) is 0 Å². The topological polar surface area (TPSA) is 91.3 Å². The van der Waals surface area contributed by atoms with E-state index in [1.54, 1.807) is 23.4 Å². The van der Waals surface area contributed by atoms with E-state index in [9.17, 15) is 9.90 Å². The van der Waals surface area contributed by atoms with Crippen molar-refractivity contribution in [2.45, 2.75) is 27.0 Å². The summed E-state index contributed by atoms with van der Waals surface area (Å²) in [5.74, 6) is 0.515. The second kappa shape index (κ2) is 10.0. The number of ether oxygens (including phenoxy) is 1. The summed E-state index contributed by atoms with van der Waals surface area (Å²) in [6, 6.07) is 13.0. The van der Waals surface area contributed by atoms with Crippen molar-refractivity contribution in [3.8, 4) is 16.9 Å². The highest BCUT2D eigenvalue weighted by Gasteiger charge is 2.19. The fourth-order valence-corrected chi connectivity index (χ4v) is 4.02. The lowest BCUT2D eigenvalue weighted by atomic mass is 10.0. The lowest BCUT2D eigenvalue weighted by Gasteiger charge is -2.22. The molecule has 0 saturated heterocycles. The zero-order valence-electron chi connectivity index (χ0n) is 18.5.